The summed E-state index contributed by atoms with van der Waals surface area (Å²) < 4.78 is 11.1. The van der Waals surface area contributed by atoms with E-state index in [1.54, 1.807) is 0 Å². The summed E-state index contributed by atoms with van der Waals surface area (Å²) in [6.07, 6.45) is 0.998. The van der Waals surface area contributed by atoms with Crippen molar-refractivity contribution in [2.45, 2.75) is 26.1 Å². The van der Waals surface area contributed by atoms with Gasteiger partial charge in [-0.2, -0.15) is 0 Å². The third-order valence-corrected chi connectivity index (χ3v) is 4.32. The van der Waals surface area contributed by atoms with Crippen LogP contribution >= 0.6 is 11.3 Å². The Kier molecular flexibility index (Phi) is 2.57. The maximum Gasteiger partial charge on any atom is 0.210 e. The summed E-state index contributed by atoms with van der Waals surface area (Å²) in [7, 11) is 0. The highest BCUT2D eigenvalue weighted by molar-refractivity contribution is 7.11. The standard InChI is InChI=1S/C12H15NO3S/c1-7-5-8(7)10(14)11-13-9(6-17-11)12(2)15-3-4-16-12/h6-8H,3-5H2,1-2H3. The molecule has 2 aliphatic rings. The van der Waals surface area contributed by atoms with Crippen molar-refractivity contribution >= 4 is 17.1 Å². The van der Waals surface area contributed by atoms with Crippen LogP contribution in [0.3, 0.4) is 0 Å². The Bertz CT molecular complexity index is 450. The predicted octanol–water partition coefficient (Wildman–Crippen LogP) is 2.20. The topological polar surface area (TPSA) is 48.4 Å². The van der Waals surface area contributed by atoms with Crippen LogP contribution in [-0.4, -0.2) is 24.0 Å². The SMILES string of the molecule is CC1CC1C(=O)c1nc(C2(C)OCCO2)cs1. The van der Waals surface area contributed by atoms with Gasteiger partial charge in [0, 0.05) is 11.3 Å². The van der Waals surface area contributed by atoms with E-state index in [2.05, 4.69) is 11.9 Å². The number of rotatable bonds is 3. The van der Waals surface area contributed by atoms with Crippen molar-refractivity contribution < 1.29 is 14.3 Å². The molecule has 2 heterocycles. The van der Waals surface area contributed by atoms with Crippen LogP contribution in [0.25, 0.3) is 0 Å². The minimum Gasteiger partial charge on any atom is -0.342 e. The second-order valence-electron chi connectivity index (χ2n) is 4.86. The van der Waals surface area contributed by atoms with E-state index in [0.29, 0.717) is 24.1 Å². The Labute approximate surface area is 104 Å². The van der Waals surface area contributed by atoms with Crippen LogP contribution in [0.15, 0.2) is 5.38 Å². The molecule has 2 fully saturated rings. The second kappa shape index (κ2) is 3.86. The number of hydrogen-bond acceptors (Lipinski definition) is 5. The summed E-state index contributed by atoms with van der Waals surface area (Å²) in [5.41, 5.74) is 0.719. The van der Waals surface area contributed by atoms with Gasteiger partial charge in [-0.05, 0) is 19.3 Å². The summed E-state index contributed by atoms with van der Waals surface area (Å²) in [5.74, 6) is 0.122. The van der Waals surface area contributed by atoms with Crippen molar-refractivity contribution in [1.82, 2.24) is 4.98 Å². The van der Waals surface area contributed by atoms with E-state index >= 15 is 0 Å². The Morgan fingerprint density at radius 2 is 2.18 bits per heavy atom. The van der Waals surface area contributed by atoms with Crippen molar-refractivity contribution in [3.63, 3.8) is 0 Å². The van der Waals surface area contributed by atoms with Gasteiger partial charge in [0.1, 0.15) is 5.69 Å². The Hall–Kier alpha value is -0.780. The molecule has 1 saturated carbocycles. The minimum absolute atomic E-state index is 0.176. The van der Waals surface area contributed by atoms with Gasteiger partial charge >= 0.3 is 0 Å². The molecule has 1 aromatic rings. The van der Waals surface area contributed by atoms with Crippen LogP contribution < -0.4 is 0 Å². The average Bonchev–Trinajstić information content (AvgIpc) is 2.75. The number of ether oxygens (including phenoxy) is 2. The highest BCUT2D eigenvalue weighted by Crippen LogP contribution is 2.41. The molecule has 1 aromatic heterocycles. The summed E-state index contributed by atoms with van der Waals surface area (Å²) in [6, 6.07) is 0. The van der Waals surface area contributed by atoms with E-state index in [1.807, 2.05) is 12.3 Å². The number of thiazole rings is 1. The number of nitrogens with zero attached hydrogens (tertiary/aromatic N) is 1. The number of aromatic nitrogens is 1. The second-order valence-corrected chi connectivity index (χ2v) is 5.72. The molecule has 1 aliphatic carbocycles. The van der Waals surface area contributed by atoms with Crippen molar-refractivity contribution in [2.75, 3.05) is 13.2 Å². The molecular weight excluding hydrogens is 238 g/mol. The van der Waals surface area contributed by atoms with Crippen LogP contribution in [-0.2, 0) is 15.3 Å². The molecule has 0 spiro atoms. The molecule has 92 valence electrons. The molecular formula is C12H15NO3S. The summed E-state index contributed by atoms with van der Waals surface area (Å²) in [4.78, 5) is 16.4. The van der Waals surface area contributed by atoms with Crippen LogP contribution in [0.2, 0.25) is 0 Å². The molecule has 17 heavy (non-hydrogen) atoms. The lowest BCUT2D eigenvalue weighted by atomic mass is 10.2. The highest BCUT2D eigenvalue weighted by atomic mass is 32.1. The molecule has 5 heteroatoms. The van der Waals surface area contributed by atoms with Crippen LogP contribution in [0, 0.1) is 11.8 Å². The zero-order valence-electron chi connectivity index (χ0n) is 9.93. The lowest BCUT2D eigenvalue weighted by molar-refractivity contribution is -0.152. The Morgan fingerprint density at radius 3 is 2.76 bits per heavy atom. The van der Waals surface area contributed by atoms with E-state index in [0.717, 1.165) is 12.1 Å². The zero-order valence-corrected chi connectivity index (χ0v) is 10.8. The zero-order chi connectivity index (χ0) is 12.0. The first-order valence-corrected chi connectivity index (χ1v) is 6.76. The third-order valence-electron chi connectivity index (χ3n) is 3.46. The smallest absolute Gasteiger partial charge is 0.210 e. The minimum atomic E-state index is -0.760. The average molecular weight is 253 g/mol. The molecule has 0 bridgehead atoms. The molecule has 2 atom stereocenters. The van der Waals surface area contributed by atoms with Gasteiger partial charge in [0.15, 0.2) is 10.8 Å². The van der Waals surface area contributed by atoms with Crippen LogP contribution in [0.5, 0.6) is 0 Å². The largest absolute Gasteiger partial charge is 0.342 e. The van der Waals surface area contributed by atoms with Gasteiger partial charge in [-0.15, -0.1) is 11.3 Å². The molecule has 1 saturated heterocycles. The van der Waals surface area contributed by atoms with Gasteiger partial charge in [-0.25, -0.2) is 4.98 Å². The fourth-order valence-electron chi connectivity index (χ4n) is 2.10. The lowest BCUT2D eigenvalue weighted by Crippen LogP contribution is -2.23. The number of hydrogen-bond donors (Lipinski definition) is 0. The normalized spacial score (nSPS) is 30.5. The van der Waals surface area contributed by atoms with E-state index < -0.39 is 5.79 Å². The first kappa shape index (κ1) is 11.3. The van der Waals surface area contributed by atoms with Gasteiger partial charge in [0.2, 0.25) is 5.79 Å². The molecule has 0 amide bonds. The number of carbonyl (C=O) groups is 1. The number of carbonyl (C=O) groups excluding carboxylic acids is 1. The third kappa shape index (κ3) is 1.92. The predicted molar refractivity (Wildman–Crippen MR) is 63.0 cm³/mol. The molecule has 3 rings (SSSR count). The molecule has 0 N–H and O–H groups in total. The Morgan fingerprint density at radius 1 is 1.53 bits per heavy atom. The van der Waals surface area contributed by atoms with Crippen molar-refractivity contribution in [1.29, 1.82) is 0 Å². The van der Waals surface area contributed by atoms with Crippen LogP contribution in [0.1, 0.15) is 35.8 Å². The van der Waals surface area contributed by atoms with Gasteiger partial charge < -0.3 is 9.47 Å². The summed E-state index contributed by atoms with van der Waals surface area (Å²) in [5, 5.41) is 2.46. The molecule has 0 radical (unpaired) electrons. The van der Waals surface area contributed by atoms with E-state index in [-0.39, 0.29) is 11.7 Å². The molecule has 0 aromatic carbocycles. The maximum absolute atomic E-state index is 12.0. The maximum atomic E-state index is 12.0. The van der Waals surface area contributed by atoms with Gasteiger partial charge in [-0.3, -0.25) is 4.79 Å². The highest BCUT2D eigenvalue weighted by Gasteiger charge is 2.42. The summed E-state index contributed by atoms with van der Waals surface area (Å²) >= 11 is 1.39. The molecule has 2 unspecified atom stereocenters. The molecule has 1 aliphatic heterocycles. The van der Waals surface area contributed by atoms with E-state index in [9.17, 15) is 4.79 Å². The van der Waals surface area contributed by atoms with Gasteiger partial charge in [0.05, 0.1) is 13.2 Å². The first-order valence-electron chi connectivity index (χ1n) is 5.88. The number of ketones is 1. The monoisotopic (exact) mass is 253 g/mol. The fraction of sp³-hybridized carbons (Fsp3) is 0.667. The van der Waals surface area contributed by atoms with Crippen molar-refractivity contribution in [2.24, 2.45) is 11.8 Å². The van der Waals surface area contributed by atoms with Gasteiger partial charge in [-0.1, -0.05) is 6.92 Å². The summed E-state index contributed by atoms with van der Waals surface area (Å²) in [6.45, 7) is 5.11. The van der Waals surface area contributed by atoms with Crippen molar-refractivity contribution in [3.8, 4) is 0 Å². The quantitative estimate of drug-likeness (QED) is 0.775. The fourth-order valence-corrected chi connectivity index (χ4v) is 3.01. The number of Topliss-reactive ketones (excluding diaryl/α,β-unsaturated/α-hetero) is 1. The van der Waals surface area contributed by atoms with E-state index in [1.165, 1.54) is 11.3 Å². The lowest BCUT2D eigenvalue weighted by Gasteiger charge is -2.19. The van der Waals surface area contributed by atoms with E-state index in [4.69, 9.17) is 9.47 Å². The first-order chi connectivity index (χ1) is 8.10. The van der Waals surface area contributed by atoms with Gasteiger partial charge in [0.25, 0.3) is 0 Å². The molecule has 4 nitrogen and oxygen atoms in total. The Balaban J connectivity index is 1.80. The van der Waals surface area contributed by atoms with Crippen LogP contribution in [0.4, 0.5) is 0 Å². The van der Waals surface area contributed by atoms with Crippen molar-refractivity contribution in [3.05, 3.63) is 16.1 Å².